The lowest BCUT2D eigenvalue weighted by Crippen LogP contribution is -2.36. The molecule has 0 radical (unpaired) electrons. The summed E-state index contributed by atoms with van der Waals surface area (Å²) in [5.41, 5.74) is 4.34. The molecule has 0 amide bonds. The van der Waals surface area contributed by atoms with E-state index in [0.717, 1.165) is 32.4 Å². The van der Waals surface area contributed by atoms with Crippen LogP contribution in [-0.4, -0.2) is 19.1 Å². The van der Waals surface area contributed by atoms with E-state index in [-0.39, 0.29) is 6.04 Å². The topological polar surface area (TPSA) is 68.0 Å². The molecule has 2 aromatic heterocycles. The van der Waals surface area contributed by atoms with Crippen molar-refractivity contribution in [1.82, 2.24) is 14.9 Å². The highest BCUT2D eigenvalue weighted by Gasteiger charge is 2.27. The third kappa shape index (κ3) is 4.79. The molecule has 0 saturated heterocycles. The van der Waals surface area contributed by atoms with Gasteiger partial charge in [-0.3, -0.25) is 4.98 Å². The van der Waals surface area contributed by atoms with Gasteiger partial charge >= 0.3 is 0 Å². The van der Waals surface area contributed by atoms with Gasteiger partial charge in [-0.25, -0.2) is 8.93 Å². The van der Waals surface area contributed by atoms with E-state index in [2.05, 4.69) is 30.8 Å². The van der Waals surface area contributed by atoms with Crippen molar-refractivity contribution >= 4 is 37.9 Å². The monoisotopic (exact) mass is 497 g/mol. The zero-order valence-electron chi connectivity index (χ0n) is 17.6. The van der Waals surface area contributed by atoms with Crippen molar-refractivity contribution in [3.05, 3.63) is 82.6 Å². The van der Waals surface area contributed by atoms with Crippen LogP contribution < -0.4 is 4.72 Å². The number of hydrogen-bond acceptors (Lipinski definition) is 4. The minimum absolute atomic E-state index is 0.218. The van der Waals surface area contributed by atoms with Crippen LogP contribution in [0.4, 0.5) is 0 Å². The molecule has 0 aliphatic carbocycles. The molecule has 1 N–H and O–H groups in total. The lowest BCUT2D eigenvalue weighted by molar-refractivity contribution is 0.458. The first-order valence-corrected chi connectivity index (χ1v) is 12.0. The SMILES string of the molecule is CC(C)(C)S(=O)NC(Cc1ccccn1)c1ccccc1-c1noc2c(Br)cccc12. The standard InChI is InChI=1S/C24H24BrN3O2S/c1-24(2,3)31(29)28-21(15-16-9-6-7-14-26-16)17-10-4-5-11-18(17)22-19-12-8-13-20(25)23(19)30-27-22/h4-14,21,28H,15H2,1-3H3. The number of nitrogens with zero attached hydrogens (tertiary/aromatic N) is 2. The first-order valence-electron chi connectivity index (χ1n) is 10.1. The number of aromatic nitrogens is 2. The molecular weight excluding hydrogens is 474 g/mol. The zero-order chi connectivity index (χ0) is 22.0. The quantitative estimate of drug-likeness (QED) is 0.355. The fourth-order valence-corrected chi connectivity index (χ4v) is 4.65. The van der Waals surface area contributed by atoms with E-state index in [9.17, 15) is 4.21 Å². The Morgan fingerprint density at radius 3 is 2.58 bits per heavy atom. The number of pyridine rings is 1. The molecular formula is C24H24BrN3O2S. The molecule has 0 saturated carbocycles. The van der Waals surface area contributed by atoms with Crippen molar-refractivity contribution in [3.63, 3.8) is 0 Å². The van der Waals surface area contributed by atoms with Crippen molar-refractivity contribution in [2.75, 3.05) is 0 Å². The molecule has 2 atom stereocenters. The van der Waals surface area contributed by atoms with Gasteiger partial charge in [0.2, 0.25) is 0 Å². The third-order valence-electron chi connectivity index (χ3n) is 4.99. The molecule has 2 aromatic carbocycles. The van der Waals surface area contributed by atoms with E-state index in [1.54, 1.807) is 6.20 Å². The van der Waals surface area contributed by atoms with Gasteiger partial charge in [0, 0.05) is 23.9 Å². The lowest BCUT2D eigenvalue weighted by Gasteiger charge is -2.25. The highest BCUT2D eigenvalue weighted by atomic mass is 79.9. The van der Waals surface area contributed by atoms with Gasteiger partial charge in [-0.05, 0) is 66.5 Å². The molecule has 4 aromatic rings. The Balaban J connectivity index is 1.81. The summed E-state index contributed by atoms with van der Waals surface area (Å²) in [6.07, 6.45) is 2.38. The molecule has 0 aliphatic heterocycles. The summed E-state index contributed by atoms with van der Waals surface area (Å²) in [7, 11) is -1.26. The van der Waals surface area contributed by atoms with Crippen LogP contribution in [0.2, 0.25) is 0 Å². The second-order valence-electron chi connectivity index (χ2n) is 8.31. The summed E-state index contributed by atoms with van der Waals surface area (Å²) in [6, 6.07) is 19.6. The predicted molar refractivity (Wildman–Crippen MR) is 129 cm³/mol. The molecule has 5 nitrogen and oxygen atoms in total. The van der Waals surface area contributed by atoms with Crippen LogP contribution >= 0.6 is 15.9 Å². The highest BCUT2D eigenvalue weighted by molar-refractivity contribution is 9.10. The second-order valence-corrected chi connectivity index (χ2v) is 11.2. The van der Waals surface area contributed by atoms with E-state index < -0.39 is 15.7 Å². The maximum absolute atomic E-state index is 13.0. The van der Waals surface area contributed by atoms with Gasteiger partial charge in [0.05, 0.1) is 31.6 Å². The number of benzene rings is 2. The molecule has 0 aliphatic rings. The third-order valence-corrected chi connectivity index (χ3v) is 7.22. The number of rotatable bonds is 6. The molecule has 2 unspecified atom stereocenters. The highest BCUT2D eigenvalue weighted by Crippen LogP contribution is 2.36. The van der Waals surface area contributed by atoms with Crippen molar-refractivity contribution < 1.29 is 8.73 Å². The largest absolute Gasteiger partial charge is 0.354 e. The molecule has 0 spiro atoms. The van der Waals surface area contributed by atoms with Crippen LogP contribution in [-0.2, 0) is 17.4 Å². The number of nitrogens with one attached hydrogen (secondary N) is 1. The van der Waals surface area contributed by atoms with E-state index in [4.69, 9.17) is 4.52 Å². The van der Waals surface area contributed by atoms with Gasteiger partial charge in [-0.2, -0.15) is 0 Å². The fraction of sp³-hybridized carbons (Fsp3) is 0.250. The van der Waals surface area contributed by atoms with Gasteiger partial charge in [0.1, 0.15) is 5.69 Å². The zero-order valence-corrected chi connectivity index (χ0v) is 20.0. The van der Waals surface area contributed by atoms with Gasteiger partial charge in [0.25, 0.3) is 0 Å². The van der Waals surface area contributed by atoms with Crippen LogP contribution in [0.25, 0.3) is 22.2 Å². The van der Waals surface area contributed by atoms with Crippen molar-refractivity contribution in [1.29, 1.82) is 0 Å². The van der Waals surface area contributed by atoms with Gasteiger partial charge in [0.15, 0.2) is 5.58 Å². The number of hydrogen-bond donors (Lipinski definition) is 1. The average Bonchev–Trinajstić information content (AvgIpc) is 3.19. The van der Waals surface area contributed by atoms with Crippen molar-refractivity contribution in [2.24, 2.45) is 0 Å². The number of fused-ring (bicyclic) bond motifs is 1. The molecule has 7 heteroatoms. The normalized spacial score (nSPS) is 13.9. The Kier molecular flexibility index (Phi) is 6.36. The Morgan fingerprint density at radius 1 is 1.06 bits per heavy atom. The Morgan fingerprint density at radius 2 is 1.84 bits per heavy atom. The molecule has 4 rings (SSSR count). The fourth-order valence-electron chi connectivity index (χ4n) is 3.39. The Hall–Kier alpha value is -2.35. The first-order chi connectivity index (χ1) is 14.8. The molecule has 0 bridgehead atoms. The summed E-state index contributed by atoms with van der Waals surface area (Å²) in [4.78, 5) is 4.49. The number of halogens is 1. The Labute approximate surface area is 193 Å². The summed E-state index contributed by atoms with van der Waals surface area (Å²) in [5.74, 6) is 0. The summed E-state index contributed by atoms with van der Waals surface area (Å²) in [5, 5.41) is 5.31. The maximum atomic E-state index is 13.0. The van der Waals surface area contributed by atoms with Crippen LogP contribution in [0.15, 0.2) is 75.9 Å². The van der Waals surface area contributed by atoms with E-state index >= 15 is 0 Å². The van der Waals surface area contributed by atoms with Crippen molar-refractivity contribution in [2.45, 2.75) is 38.0 Å². The molecule has 2 heterocycles. The minimum atomic E-state index is -1.26. The summed E-state index contributed by atoms with van der Waals surface area (Å²) >= 11 is 3.53. The lowest BCUT2D eigenvalue weighted by atomic mass is 9.94. The summed E-state index contributed by atoms with van der Waals surface area (Å²) < 4.78 is 22.5. The van der Waals surface area contributed by atoms with Gasteiger partial charge in [-0.15, -0.1) is 0 Å². The van der Waals surface area contributed by atoms with Crippen molar-refractivity contribution in [3.8, 4) is 11.3 Å². The molecule has 160 valence electrons. The molecule has 0 fully saturated rings. The molecule has 31 heavy (non-hydrogen) atoms. The van der Waals surface area contributed by atoms with Gasteiger partial charge in [-0.1, -0.05) is 41.6 Å². The van der Waals surface area contributed by atoms with E-state index in [0.29, 0.717) is 12.0 Å². The van der Waals surface area contributed by atoms with E-state index in [1.165, 1.54) is 0 Å². The van der Waals surface area contributed by atoms with Crippen LogP contribution in [0.1, 0.15) is 38.1 Å². The number of para-hydroxylation sites is 1. The van der Waals surface area contributed by atoms with Gasteiger partial charge < -0.3 is 4.52 Å². The maximum Gasteiger partial charge on any atom is 0.181 e. The van der Waals surface area contributed by atoms with Crippen LogP contribution in [0, 0.1) is 0 Å². The minimum Gasteiger partial charge on any atom is -0.354 e. The summed E-state index contributed by atoms with van der Waals surface area (Å²) in [6.45, 7) is 5.88. The van der Waals surface area contributed by atoms with E-state index in [1.807, 2.05) is 81.4 Å². The average molecular weight is 498 g/mol. The second kappa shape index (κ2) is 9.02. The predicted octanol–water partition coefficient (Wildman–Crippen LogP) is 5.99. The smallest absolute Gasteiger partial charge is 0.181 e. The first kappa shape index (κ1) is 21.9. The van der Waals surface area contributed by atoms with Crippen LogP contribution in [0.3, 0.4) is 0 Å². The Bertz CT molecular complexity index is 1220. The van der Waals surface area contributed by atoms with Crippen LogP contribution in [0.5, 0.6) is 0 Å².